The predicted octanol–water partition coefficient (Wildman–Crippen LogP) is 3.49. The molecule has 0 atom stereocenters. The standard InChI is InChI=1S/C8H4Br2N/c9-6-3-5-1-2-11-8(5)4-7(6)10/h1,3-4,11H. The Labute approximate surface area is 81.1 Å². The summed E-state index contributed by atoms with van der Waals surface area (Å²) in [6, 6.07) is 5.99. The van der Waals surface area contributed by atoms with Gasteiger partial charge in [0, 0.05) is 19.8 Å². The molecule has 0 aliphatic heterocycles. The number of hydrogen-bond donors (Lipinski definition) is 1. The zero-order chi connectivity index (χ0) is 7.84. The van der Waals surface area contributed by atoms with Crippen molar-refractivity contribution in [1.82, 2.24) is 4.98 Å². The van der Waals surface area contributed by atoms with E-state index in [1.165, 1.54) is 5.39 Å². The number of halogens is 2. The minimum absolute atomic E-state index is 1.06. The van der Waals surface area contributed by atoms with Crippen LogP contribution in [0.15, 0.2) is 27.1 Å². The normalized spacial score (nSPS) is 10.7. The van der Waals surface area contributed by atoms with Gasteiger partial charge in [0.15, 0.2) is 0 Å². The topological polar surface area (TPSA) is 15.8 Å². The molecule has 0 fully saturated rings. The molecule has 0 spiro atoms. The molecule has 1 heterocycles. The summed E-state index contributed by atoms with van der Waals surface area (Å²) >= 11 is 6.85. The number of aromatic nitrogens is 1. The van der Waals surface area contributed by atoms with Crippen molar-refractivity contribution < 1.29 is 0 Å². The molecule has 1 aromatic carbocycles. The smallest absolute Gasteiger partial charge is 0.0630 e. The molecule has 1 N–H and O–H groups in total. The fourth-order valence-electron chi connectivity index (χ4n) is 0.981. The monoisotopic (exact) mass is 272 g/mol. The highest BCUT2D eigenvalue weighted by Gasteiger charge is 1.99. The molecule has 0 aliphatic rings. The molecule has 0 bridgehead atoms. The molecule has 55 valence electrons. The van der Waals surface area contributed by atoms with E-state index in [1.807, 2.05) is 18.2 Å². The lowest BCUT2D eigenvalue weighted by atomic mass is 10.3. The van der Waals surface area contributed by atoms with Crippen molar-refractivity contribution in [2.24, 2.45) is 0 Å². The van der Waals surface area contributed by atoms with Gasteiger partial charge in [0.1, 0.15) is 0 Å². The molecule has 0 amide bonds. The maximum absolute atomic E-state index is 3.43. The Hall–Kier alpha value is -0.280. The zero-order valence-corrected chi connectivity index (χ0v) is 8.66. The molecular weight excluding hydrogens is 270 g/mol. The SMILES string of the molecule is Brc1cc2c[c][nH]c2cc1Br. The van der Waals surface area contributed by atoms with Gasteiger partial charge in [-0.2, -0.15) is 0 Å². The Kier molecular flexibility index (Phi) is 1.77. The highest BCUT2D eigenvalue weighted by atomic mass is 79.9. The summed E-state index contributed by atoms with van der Waals surface area (Å²) < 4.78 is 2.12. The van der Waals surface area contributed by atoms with Crippen LogP contribution in [0.4, 0.5) is 0 Å². The van der Waals surface area contributed by atoms with E-state index in [0.29, 0.717) is 0 Å². The van der Waals surface area contributed by atoms with Crippen LogP contribution in [0.2, 0.25) is 0 Å². The number of rotatable bonds is 0. The van der Waals surface area contributed by atoms with Crippen molar-refractivity contribution in [2.75, 3.05) is 0 Å². The Morgan fingerprint density at radius 2 is 1.91 bits per heavy atom. The second-order valence-corrected chi connectivity index (χ2v) is 3.98. The number of hydrogen-bond acceptors (Lipinski definition) is 0. The maximum atomic E-state index is 3.43. The van der Waals surface area contributed by atoms with Gasteiger partial charge < -0.3 is 4.98 Å². The molecule has 3 heteroatoms. The number of fused-ring (bicyclic) bond motifs is 1. The molecule has 0 saturated carbocycles. The first-order valence-corrected chi connectivity index (χ1v) is 4.70. The molecule has 1 nitrogen and oxygen atoms in total. The van der Waals surface area contributed by atoms with Gasteiger partial charge in [-0.25, -0.2) is 0 Å². The molecule has 2 aromatic rings. The van der Waals surface area contributed by atoms with Gasteiger partial charge >= 0.3 is 0 Å². The average Bonchev–Trinajstić information content (AvgIpc) is 2.36. The first kappa shape index (κ1) is 7.37. The second-order valence-electron chi connectivity index (χ2n) is 2.27. The Morgan fingerprint density at radius 1 is 1.18 bits per heavy atom. The van der Waals surface area contributed by atoms with Crippen LogP contribution in [0, 0.1) is 6.20 Å². The lowest BCUT2D eigenvalue weighted by molar-refractivity contribution is 1.45. The van der Waals surface area contributed by atoms with Crippen molar-refractivity contribution in [3.8, 4) is 0 Å². The van der Waals surface area contributed by atoms with Crippen LogP contribution in [0.25, 0.3) is 10.9 Å². The predicted molar refractivity (Wildman–Crippen MR) is 52.5 cm³/mol. The van der Waals surface area contributed by atoms with Crippen molar-refractivity contribution in [1.29, 1.82) is 0 Å². The van der Waals surface area contributed by atoms with Crippen LogP contribution in [-0.2, 0) is 0 Å². The third kappa shape index (κ3) is 1.23. The Balaban J connectivity index is 2.86. The zero-order valence-electron chi connectivity index (χ0n) is 5.49. The van der Waals surface area contributed by atoms with Gasteiger partial charge in [0.05, 0.1) is 6.20 Å². The quantitative estimate of drug-likeness (QED) is 0.756. The molecule has 11 heavy (non-hydrogen) atoms. The van der Waals surface area contributed by atoms with E-state index >= 15 is 0 Å². The fraction of sp³-hybridized carbons (Fsp3) is 0. The van der Waals surface area contributed by atoms with Gasteiger partial charge in [-0.15, -0.1) is 0 Å². The largest absolute Gasteiger partial charge is 0.353 e. The van der Waals surface area contributed by atoms with E-state index in [-0.39, 0.29) is 0 Å². The molecule has 1 radical (unpaired) electrons. The summed E-state index contributed by atoms with van der Waals surface area (Å²) in [5.74, 6) is 0. The van der Waals surface area contributed by atoms with Crippen molar-refractivity contribution in [3.05, 3.63) is 33.3 Å². The van der Waals surface area contributed by atoms with E-state index < -0.39 is 0 Å². The summed E-state index contributed by atoms with van der Waals surface area (Å²) in [6.45, 7) is 0. The highest BCUT2D eigenvalue weighted by molar-refractivity contribution is 9.13. The maximum Gasteiger partial charge on any atom is 0.0630 e. The van der Waals surface area contributed by atoms with Gasteiger partial charge in [0.2, 0.25) is 0 Å². The molecular formula is C8H4Br2N. The van der Waals surface area contributed by atoms with Crippen LogP contribution in [0.5, 0.6) is 0 Å². The highest BCUT2D eigenvalue weighted by Crippen LogP contribution is 2.27. The molecule has 0 saturated heterocycles. The summed E-state index contributed by atoms with van der Waals surface area (Å²) in [5, 5.41) is 1.17. The number of nitrogens with one attached hydrogen (secondary N) is 1. The van der Waals surface area contributed by atoms with Crippen LogP contribution >= 0.6 is 31.9 Å². The van der Waals surface area contributed by atoms with Gasteiger partial charge in [-0.05, 0) is 50.1 Å². The lowest BCUT2D eigenvalue weighted by Gasteiger charge is -1.94. The molecule has 2 rings (SSSR count). The summed E-state index contributed by atoms with van der Waals surface area (Å²) in [6.07, 6.45) is 2.93. The second kappa shape index (κ2) is 2.64. The van der Waals surface area contributed by atoms with E-state index in [4.69, 9.17) is 0 Å². The summed E-state index contributed by atoms with van der Waals surface area (Å²) in [5.41, 5.74) is 1.10. The van der Waals surface area contributed by atoms with Gasteiger partial charge in [0.25, 0.3) is 0 Å². The number of benzene rings is 1. The van der Waals surface area contributed by atoms with Crippen LogP contribution in [0.3, 0.4) is 0 Å². The first-order valence-electron chi connectivity index (χ1n) is 3.11. The third-order valence-corrected chi connectivity index (χ3v) is 3.37. The summed E-state index contributed by atoms with van der Waals surface area (Å²) in [4.78, 5) is 3.01. The van der Waals surface area contributed by atoms with Crippen LogP contribution < -0.4 is 0 Å². The van der Waals surface area contributed by atoms with Crippen molar-refractivity contribution in [2.45, 2.75) is 0 Å². The lowest BCUT2D eigenvalue weighted by Crippen LogP contribution is -1.70. The van der Waals surface area contributed by atoms with E-state index in [1.54, 1.807) is 0 Å². The number of aromatic amines is 1. The molecule has 1 aromatic heterocycles. The van der Waals surface area contributed by atoms with E-state index in [2.05, 4.69) is 43.0 Å². The minimum Gasteiger partial charge on any atom is -0.353 e. The fourth-order valence-corrected chi connectivity index (χ4v) is 1.69. The Morgan fingerprint density at radius 3 is 2.73 bits per heavy atom. The van der Waals surface area contributed by atoms with Crippen molar-refractivity contribution in [3.63, 3.8) is 0 Å². The molecule has 0 aliphatic carbocycles. The minimum atomic E-state index is 1.06. The third-order valence-electron chi connectivity index (χ3n) is 1.53. The first-order chi connectivity index (χ1) is 5.27. The van der Waals surface area contributed by atoms with Gasteiger partial charge in [-0.1, -0.05) is 0 Å². The Bertz CT molecular complexity index is 356. The van der Waals surface area contributed by atoms with Gasteiger partial charge in [-0.3, -0.25) is 0 Å². The van der Waals surface area contributed by atoms with E-state index in [0.717, 1.165) is 14.5 Å². The summed E-state index contributed by atoms with van der Waals surface area (Å²) in [7, 11) is 0. The van der Waals surface area contributed by atoms with E-state index in [9.17, 15) is 0 Å². The van der Waals surface area contributed by atoms with Crippen LogP contribution in [0.1, 0.15) is 0 Å². The molecule has 0 unspecified atom stereocenters. The number of H-pyrrole nitrogens is 1. The van der Waals surface area contributed by atoms with Crippen LogP contribution in [-0.4, -0.2) is 4.98 Å². The van der Waals surface area contributed by atoms with Crippen molar-refractivity contribution >= 4 is 42.8 Å². The average molecular weight is 274 g/mol.